The van der Waals surface area contributed by atoms with Crippen molar-refractivity contribution in [2.45, 2.75) is 24.7 Å². The Bertz CT molecular complexity index is 521. The Morgan fingerprint density at radius 3 is 2.81 bits per heavy atom. The number of hydrogen-bond acceptors (Lipinski definition) is 3. The number of unbranched alkanes of at least 4 members (excludes halogenated alkanes) is 1. The molecule has 3 nitrogen and oxygen atoms in total. The zero-order valence-corrected chi connectivity index (χ0v) is 10.6. The average molecular weight is 255 g/mol. The molecular weight excluding hydrogens is 242 g/mol. The molecule has 0 atom stereocenters. The van der Waals surface area contributed by atoms with Crippen LogP contribution in [0.3, 0.4) is 0 Å². The van der Waals surface area contributed by atoms with Gasteiger partial charge in [0.1, 0.15) is 5.04 Å². The molecule has 1 heterocycles. The predicted molar refractivity (Wildman–Crippen MR) is 67.5 cm³/mol. The minimum atomic E-state index is -3.42. The molecule has 0 unspecified atom stereocenters. The first-order chi connectivity index (χ1) is 7.65. The van der Waals surface area contributed by atoms with Crippen molar-refractivity contribution in [1.82, 2.24) is 0 Å². The van der Waals surface area contributed by atoms with Crippen LogP contribution in [0.1, 0.15) is 25.3 Å². The second-order valence-corrected chi connectivity index (χ2v) is 6.23. The number of sulfonamides is 1. The SMILES string of the molecule is CCCCSC1=NS(=O)(=O)c2ccccc21. The van der Waals surface area contributed by atoms with E-state index in [1.807, 2.05) is 12.1 Å². The number of benzene rings is 1. The summed E-state index contributed by atoms with van der Waals surface area (Å²) in [4.78, 5) is 0.342. The van der Waals surface area contributed by atoms with E-state index >= 15 is 0 Å². The van der Waals surface area contributed by atoms with Crippen LogP contribution < -0.4 is 0 Å². The first-order valence-corrected chi connectivity index (χ1v) is 7.65. The molecule has 0 saturated heterocycles. The molecule has 0 N–H and O–H groups in total. The van der Waals surface area contributed by atoms with Crippen molar-refractivity contribution in [1.29, 1.82) is 0 Å². The Labute approximate surface area is 100 Å². The monoisotopic (exact) mass is 255 g/mol. The van der Waals surface area contributed by atoms with Gasteiger partial charge >= 0.3 is 0 Å². The highest BCUT2D eigenvalue weighted by atomic mass is 32.2. The van der Waals surface area contributed by atoms with Gasteiger partial charge in [0.25, 0.3) is 10.0 Å². The van der Waals surface area contributed by atoms with Gasteiger partial charge in [0.05, 0.1) is 4.90 Å². The van der Waals surface area contributed by atoms with E-state index in [1.165, 1.54) is 11.8 Å². The first-order valence-electron chi connectivity index (χ1n) is 5.22. The van der Waals surface area contributed by atoms with Gasteiger partial charge in [-0.2, -0.15) is 12.8 Å². The van der Waals surface area contributed by atoms with E-state index in [2.05, 4.69) is 11.3 Å². The molecule has 1 aromatic carbocycles. The van der Waals surface area contributed by atoms with Crippen molar-refractivity contribution < 1.29 is 8.42 Å². The Morgan fingerprint density at radius 2 is 2.06 bits per heavy atom. The van der Waals surface area contributed by atoms with Gasteiger partial charge in [0.2, 0.25) is 0 Å². The fourth-order valence-electron chi connectivity index (χ4n) is 1.49. The molecule has 0 saturated carbocycles. The molecule has 16 heavy (non-hydrogen) atoms. The Morgan fingerprint density at radius 1 is 1.31 bits per heavy atom. The van der Waals surface area contributed by atoms with E-state index < -0.39 is 10.0 Å². The van der Waals surface area contributed by atoms with Gasteiger partial charge in [-0.25, -0.2) is 0 Å². The second-order valence-electron chi connectivity index (χ2n) is 3.57. The number of nitrogens with zero attached hydrogens (tertiary/aromatic N) is 1. The summed E-state index contributed by atoms with van der Waals surface area (Å²) in [5.74, 6) is 0.916. The lowest BCUT2D eigenvalue weighted by Crippen LogP contribution is -1.94. The quantitative estimate of drug-likeness (QED) is 0.780. The largest absolute Gasteiger partial charge is 0.284 e. The summed E-state index contributed by atoms with van der Waals surface area (Å²) in [6, 6.07) is 7.00. The van der Waals surface area contributed by atoms with Crippen LogP contribution in [0.4, 0.5) is 0 Å². The van der Waals surface area contributed by atoms with Crippen LogP contribution in [0, 0.1) is 0 Å². The maximum Gasteiger partial charge on any atom is 0.284 e. The van der Waals surface area contributed by atoms with E-state index in [0.717, 1.165) is 24.2 Å². The minimum absolute atomic E-state index is 0.342. The molecule has 0 amide bonds. The van der Waals surface area contributed by atoms with Gasteiger partial charge in [-0.15, -0.1) is 11.8 Å². The predicted octanol–water partition coefficient (Wildman–Crippen LogP) is 2.67. The highest BCUT2D eigenvalue weighted by molar-refractivity contribution is 8.15. The smallest absolute Gasteiger partial charge is 0.199 e. The van der Waals surface area contributed by atoms with Crippen LogP contribution in [0.2, 0.25) is 0 Å². The lowest BCUT2D eigenvalue weighted by Gasteiger charge is -2.00. The molecule has 1 aliphatic rings. The zero-order valence-electron chi connectivity index (χ0n) is 9.01. The fourth-order valence-corrected chi connectivity index (χ4v) is 4.13. The number of rotatable bonds is 3. The van der Waals surface area contributed by atoms with Gasteiger partial charge in [-0.1, -0.05) is 31.5 Å². The zero-order chi connectivity index (χ0) is 11.6. The third kappa shape index (κ3) is 2.15. The van der Waals surface area contributed by atoms with E-state index in [0.29, 0.717) is 9.94 Å². The third-order valence-corrected chi connectivity index (χ3v) is 4.86. The highest BCUT2D eigenvalue weighted by Gasteiger charge is 2.28. The van der Waals surface area contributed by atoms with Crippen LogP contribution in [-0.4, -0.2) is 19.2 Å². The highest BCUT2D eigenvalue weighted by Crippen LogP contribution is 2.30. The van der Waals surface area contributed by atoms with Gasteiger partial charge in [0, 0.05) is 5.56 Å². The molecule has 0 aromatic heterocycles. The number of fused-ring (bicyclic) bond motifs is 1. The summed E-state index contributed by atoms with van der Waals surface area (Å²) in [7, 11) is -3.42. The van der Waals surface area contributed by atoms with Crippen LogP contribution in [0.25, 0.3) is 0 Å². The molecule has 0 spiro atoms. The van der Waals surface area contributed by atoms with Crippen molar-refractivity contribution in [3.8, 4) is 0 Å². The van der Waals surface area contributed by atoms with E-state index in [-0.39, 0.29) is 0 Å². The summed E-state index contributed by atoms with van der Waals surface area (Å²) < 4.78 is 27.2. The summed E-state index contributed by atoms with van der Waals surface area (Å²) in [6.07, 6.45) is 2.18. The maximum absolute atomic E-state index is 11.7. The normalized spacial score (nSPS) is 16.9. The Hall–Kier alpha value is -0.810. The lowest BCUT2D eigenvalue weighted by atomic mass is 10.2. The standard InChI is InChI=1S/C11H13NO2S2/c1-2-3-8-15-11-9-6-4-5-7-10(9)16(13,14)12-11/h4-7H,2-3,8H2,1H3. The Kier molecular flexibility index (Phi) is 3.35. The van der Waals surface area contributed by atoms with Crippen molar-refractivity contribution >= 4 is 26.8 Å². The van der Waals surface area contributed by atoms with Crippen molar-refractivity contribution in [3.63, 3.8) is 0 Å². The summed E-state index contributed by atoms with van der Waals surface area (Å²) in [5.41, 5.74) is 0.753. The van der Waals surface area contributed by atoms with Crippen LogP contribution in [0.15, 0.2) is 33.6 Å². The summed E-state index contributed by atoms with van der Waals surface area (Å²) >= 11 is 1.52. The molecule has 2 rings (SSSR count). The second kappa shape index (κ2) is 4.59. The van der Waals surface area contributed by atoms with Crippen LogP contribution in [-0.2, 0) is 10.0 Å². The van der Waals surface area contributed by atoms with Crippen molar-refractivity contribution in [2.24, 2.45) is 4.40 Å². The first kappa shape index (κ1) is 11.7. The maximum atomic E-state index is 11.7. The molecular formula is C11H13NO2S2. The molecule has 0 radical (unpaired) electrons. The lowest BCUT2D eigenvalue weighted by molar-refractivity contribution is 0.599. The van der Waals surface area contributed by atoms with Gasteiger partial charge in [0.15, 0.2) is 0 Å². The molecule has 5 heteroatoms. The van der Waals surface area contributed by atoms with Crippen LogP contribution in [0.5, 0.6) is 0 Å². The molecule has 0 aliphatic carbocycles. The van der Waals surface area contributed by atoms with Gasteiger partial charge < -0.3 is 0 Å². The van der Waals surface area contributed by atoms with Crippen molar-refractivity contribution in [3.05, 3.63) is 29.8 Å². The average Bonchev–Trinajstić information content (AvgIpc) is 2.52. The van der Waals surface area contributed by atoms with Gasteiger partial charge in [-0.3, -0.25) is 0 Å². The minimum Gasteiger partial charge on any atom is -0.199 e. The molecule has 0 bridgehead atoms. The third-order valence-electron chi connectivity index (χ3n) is 2.34. The number of thioether (sulfide) groups is 1. The van der Waals surface area contributed by atoms with Crippen molar-refractivity contribution in [2.75, 3.05) is 5.75 Å². The van der Waals surface area contributed by atoms with E-state index in [9.17, 15) is 8.42 Å². The van der Waals surface area contributed by atoms with E-state index in [4.69, 9.17) is 0 Å². The number of hydrogen-bond donors (Lipinski definition) is 0. The van der Waals surface area contributed by atoms with Crippen LogP contribution >= 0.6 is 11.8 Å². The molecule has 86 valence electrons. The molecule has 1 aromatic rings. The fraction of sp³-hybridized carbons (Fsp3) is 0.364. The Balaban J connectivity index is 2.29. The van der Waals surface area contributed by atoms with E-state index in [1.54, 1.807) is 12.1 Å². The van der Waals surface area contributed by atoms with Gasteiger partial charge in [-0.05, 0) is 18.2 Å². The summed E-state index contributed by atoms with van der Waals surface area (Å²) in [5, 5.41) is 0.643. The molecule has 1 aliphatic heterocycles. The molecule has 0 fully saturated rings. The summed E-state index contributed by atoms with van der Waals surface area (Å²) in [6.45, 7) is 2.11. The topological polar surface area (TPSA) is 46.5 Å².